The van der Waals surface area contributed by atoms with Gasteiger partial charge in [-0.3, -0.25) is 10.1 Å². The van der Waals surface area contributed by atoms with Crippen LogP contribution in [0.3, 0.4) is 0 Å². The fraction of sp³-hybridized carbons (Fsp3) is 0.643. The first-order chi connectivity index (χ1) is 8.65. The Morgan fingerprint density at radius 3 is 2.72 bits per heavy atom. The topological polar surface area (TPSA) is 32.3 Å². The lowest BCUT2D eigenvalue weighted by atomic mass is 10.0. The van der Waals surface area contributed by atoms with Gasteiger partial charge in [0.15, 0.2) is 0 Å². The number of aryl methyl sites for hydroxylation is 1. The second-order valence-corrected chi connectivity index (χ2v) is 6.28. The first-order valence-electron chi connectivity index (χ1n) is 6.74. The molecule has 0 aliphatic carbocycles. The molecule has 2 rings (SSSR count). The maximum absolute atomic E-state index is 12.0. The van der Waals surface area contributed by atoms with Gasteiger partial charge in [-0.05, 0) is 25.0 Å². The predicted molar refractivity (Wildman–Crippen MR) is 75.6 cm³/mol. The number of nitrogens with one attached hydrogen (secondary N) is 1. The summed E-state index contributed by atoms with van der Waals surface area (Å²) in [5.41, 5.74) is 0. The lowest BCUT2D eigenvalue weighted by molar-refractivity contribution is -0.128. The van der Waals surface area contributed by atoms with Crippen molar-refractivity contribution in [2.75, 3.05) is 13.1 Å². The second-order valence-electron chi connectivity index (χ2n) is 4.96. The van der Waals surface area contributed by atoms with Gasteiger partial charge in [0.2, 0.25) is 5.91 Å². The van der Waals surface area contributed by atoms with Gasteiger partial charge in [-0.25, -0.2) is 0 Å². The summed E-state index contributed by atoms with van der Waals surface area (Å²) in [6.45, 7) is 7.86. The highest BCUT2D eigenvalue weighted by Gasteiger charge is 2.33. The van der Waals surface area contributed by atoms with Gasteiger partial charge in [0, 0.05) is 16.3 Å². The van der Waals surface area contributed by atoms with E-state index in [1.807, 2.05) is 4.90 Å². The maximum atomic E-state index is 12.0. The van der Waals surface area contributed by atoms with E-state index in [2.05, 4.69) is 38.2 Å². The molecule has 1 unspecified atom stereocenters. The van der Waals surface area contributed by atoms with Crippen molar-refractivity contribution < 1.29 is 4.79 Å². The fourth-order valence-corrected chi connectivity index (χ4v) is 3.39. The van der Waals surface area contributed by atoms with Crippen LogP contribution in [0.2, 0.25) is 0 Å². The van der Waals surface area contributed by atoms with Gasteiger partial charge in [-0.1, -0.05) is 26.7 Å². The monoisotopic (exact) mass is 266 g/mol. The molecule has 0 spiro atoms. The Morgan fingerprint density at radius 1 is 1.44 bits per heavy atom. The van der Waals surface area contributed by atoms with E-state index in [1.165, 1.54) is 9.75 Å². The number of amides is 1. The van der Waals surface area contributed by atoms with Crippen molar-refractivity contribution in [2.24, 2.45) is 5.92 Å². The van der Waals surface area contributed by atoms with E-state index in [0.717, 1.165) is 19.4 Å². The molecule has 1 N–H and O–H groups in total. The van der Waals surface area contributed by atoms with E-state index in [4.69, 9.17) is 0 Å². The number of carbonyl (C=O) groups is 1. The molecule has 1 atom stereocenters. The van der Waals surface area contributed by atoms with Gasteiger partial charge < -0.3 is 4.90 Å². The molecule has 2 heterocycles. The van der Waals surface area contributed by atoms with Crippen LogP contribution in [0.5, 0.6) is 0 Å². The maximum Gasteiger partial charge on any atom is 0.238 e. The Balaban J connectivity index is 2.12. The van der Waals surface area contributed by atoms with Gasteiger partial charge in [0.1, 0.15) is 6.17 Å². The van der Waals surface area contributed by atoms with E-state index in [1.54, 1.807) is 11.3 Å². The van der Waals surface area contributed by atoms with E-state index >= 15 is 0 Å². The van der Waals surface area contributed by atoms with Crippen LogP contribution in [0.4, 0.5) is 0 Å². The van der Waals surface area contributed by atoms with Crippen LogP contribution in [-0.4, -0.2) is 23.9 Å². The fourth-order valence-electron chi connectivity index (χ4n) is 2.43. The van der Waals surface area contributed by atoms with Crippen LogP contribution in [0.15, 0.2) is 12.1 Å². The molecule has 4 heteroatoms. The summed E-state index contributed by atoms with van der Waals surface area (Å²) in [5, 5.41) is 3.33. The Labute approximate surface area is 113 Å². The molecule has 100 valence electrons. The summed E-state index contributed by atoms with van der Waals surface area (Å²) >= 11 is 1.78. The van der Waals surface area contributed by atoms with Crippen LogP contribution in [0.25, 0.3) is 0 Å². The first kappa shape index (κ1) is 13.6. The van der Waals surface area contributed by atoms with E-state index in [0.29, 0.717) is 12.5 Å². The number of hydrogen-bond donors (Lipinski definition) is 1. The Bertz CT molecular complexity index is 412. The number of carbonyl (C=O) groups excluding carboxylic acids is 1. The molecular formula is C14H22N2OS. The molecule has 1 amide bonds. The summed E-state index contributed by atoms with van der Waals surface area (Å²) in [7, 11) is 0. The summed E-state index contributed by atoms with van der Waals surface area (Å²) < 4.78 is 0. The molecular weight excluding hydrogens is 244 g/mol. The zero-order valence-corrected chi connectivity index (χ0v) is 12.2. The highest BCUT2D eigenvalue weighted by atomic mass is 32.1. The minimum Gasteiger partial charge on any atom is -0.321 e. The summed E-state index contributed by atoms with van der Waals surface area (Å²) in [6, 6.07) is 4.26. The third-order valence-corrected chi connectivity index (χ3v) is 4.77. The molecule has 1 aromatic rings. The zero-order valence-electron chi connectivity index (χ0n) is 11.4. The summed E-state index contributed by atoms with van der Waals surface area (Å²) in [5.74, 6) is 0.843. The van der Waals surface area contributed by atoms with Crippen molar-refractivity contribution in [2.45, 2.75) is 39.8 Å². The average molecular weight is 266 g/mol. The number of thiophene rings is 1. The van der Waals surface area contributed by atoms with Gasteiger partial charge in [-0.2, -0.15) is 0 Å². The largest absolute Gasteiger partial charge is 0.321 e. The molecule has 0 radical (unpaired) electrons. The normalized spacial score (nSPS) is 20.1. The number of rotatable bonds is 5. The van der Waals surface area contributed by atoms with Gasteiger partial charge in [-0.15, -0.1) is 11.3 Å². The van der Waals surface area contributed by atoms with Crippen LogP contribution >= 0.6 is 11.3 Å². The van der Waals surface area contributed by atoms with Crippen molar-refractivity contribution >= 4 is 17.2 Å². The first-order valence-corrected chi connectivity index (χ1v) is 7.56. The molecule has 1 aliphatic rings. The van der Waals surface area contributed by atoms with Crippen molar-refractivity contribution in [1.29, 1.82) is 0 Å². The SMILES string of the molecule is CCC(CC)CN1C(=O)CNC1c1ccc(C)s1. The highest BCUT2D eigenvalue weighted by molar-refractivity contribution is 7.12. The molecule has 0 aromatic carbocycles. The molecule has 18 heavy (non-hydrogen) atoms. The van der Waals surface area contributed by atoms with Crippen molar-refractivity contribution in [1.82, 2.24) is 10.2 Å². The van der Waals surface area contributed by atoms with Gasteiger partial charge >= 0.3 is 0 Å². The molecule has 1 fully saturated rings. The summed E-state index contributed by atoms with van der Waals surface area (Å²) in [4.78, 5) is 16.6. The molecule has 0 bridgehead atoms. The van der Waals surface area contributed by atoms with Gasteiger partial charge in [0.25, 0.3) is 0 Å². The van der Waals surface area contributed by atoms with Crippen molar-refractivity contribution in [3.63, 3.8) is 0 Å². The zero-order chi connectivity index (χ0) is 13.1. The smallest absolute Gasteiger partial charge is 0.238 e. The standard InChI is InChI=1S/C14H22N2OS/c1-4-11(5-2)9-16-13(17)8-15-14(16)12-7-6-10(3)18-12/h6-7,11,14-15H,4-5,8-9H2,1-3H3. The minimum atomic E-state index is 0.0943. The molecule has 1 aromatic heterocycles. The van der Waals surface area contributed by atoms with Gasteiger partial charge in [0.05, 0.1) is 6.54 Å². The summed E-state index contributed by atoms with van der Waals surface area (Å²) in [6.07, 6.45) is 2.37. The Morgan fingerprint density at radius 2 is 2.17 bits per heavy atom. The number of hydrogen-bond acceptors (Lipinski definition) is 3. The Hall–Kier alpha value is -0.870. The molecule has 3 nitrogen and oxygen atoms in total. The predicted octanol–water partition coefficient (Wildman–Crippen LogP) is 2.92. The third-order valence-electron chi connectivity index (χ3n) is 3.72. The molecule has 1 saturated heterocycles. The van der Waals surface area contributed by atoms with E-state index < -0.39 is 0 Å². The molecule has 1 aliphatic heterocycles. The van der Waals surface area contributed by atoms with E-state index in [-0.39, 0.29) is 12.1 Å². The highest BCUT2D eigenvalue weighted by Crippen LogP contribution is 2.29. The number of nitrogens with zero attached hydrogens (tertiary/aromatic N) is 1. The quantitative estimate of drug-likeness (QED) is 0.888. The van der Waals surface area contributed by atoms with Crippen molar-refractivity contribution in [3.8, 4) is 0 Å². The lowest BCUT2D eigenvalue weighted by Crippen LogP contribution is -2.34. The molecule has 0 saturated carbocycles. The van der Waals surface area contributed by atoms with Crippen LogP contribution in [0.1, 0.15) is 42.6 Å². The van der Waals surface area contributed by atoms with Crippen LogP contribution in [-0.2, 0) is 4.79 Å². The lowest BCUT2D eigenvalue weighted by Gasteiger charge is -2.27. The second kappa shape index (κ2) is 5.85. The van der Waals surface area contributed by atoms with E-state index in [9.17, 15) is 4.79 Å². The minimum absolute atomic E-state index is 0.0943. The van der Waals surface area contributed by atoms with Crippen LogP contribution < -0.4 is 5.32 Å². The Kier molecular flexibility index (Phi) is 4.40. The third kappa shape index (κ3) is 2.75. The van der Waals surface area contributed by atoms with Crippen LogP contribution in [0, 0.1) is 12.8 Å². The van der Waals surface area contributed by atoms with Crippen molar-refractivity contribution in [3.05, 3.63) is 21.9 Å². The average Bonchev–Trinajstić information content (AvgIpc) is 2.93.